The van der Waals surface area contributed by atoms with E-state index >= 15 is 0 Å². The van der Waals surface area contributed by atoms with Gasteiger partial charge in [-0.25, -0.2) is 0 Å². The van der Waals surface area contributed by atoms with E-state index in [4.69, 9.17) is 9.72 Å². The lowest BCUT2D eigenvalue weighted by atomic mass is 10.0. The number of aryl methyl sites for hydroxylation is 2. The van der Waals surface area contributed by atoms with Crippen molar-refractivity contribution in [3.05, 3.63) is 82.6 Å². The predicted octanol–water partition coefficient (Wildman–Crippen LogP) is 5.66. The Bertz CT molecular complexity index is 1590. The molecule has 6 rings (SSSR count). The summed E-state index contributed by atoms with van der Waals surface area (Å²) in [4.78, 5) is 17.8. The molecular weight excluding hydrogens is 510 g/mol. The summed E-state index contributed by atoms with van der Waals surface area (Å²) >= 11 is 0. The fourth-order valence-corrected chi connectivity index (χ4v) is 6.06. The van der Waals surface area contributed by atoms with Gasteiger partial charge >= 0.3 is 0 Å². The number of H-pyrrole nitrogens is 1. The van der Waals surface area contributed by atoms with Gasteiger partial charge in [-0.2, -0.15) is 5.26 Å². The first-order valence-electron chi connectivity index (χ1n) is 14.5. The average molecular weight is 548 g/mol. The number of hydrogen-bond acceptors (Lipinski definition) is 7. The summed E-state index contributed by atoms with van der Waals surface area (Å²) < 4.78 is 5.53. The molecule has 8 heteroatoms. The third-order valence-electron chi connectivity index (χ3n) is 8.45. The van der Waals surface area contributed by atoms with E-state index in [9.17, 15) is 5.26 Å². The number of nitriles is 1. The van der Waals surface area contributed by atoms with Gasteiger partial charge in [0, 0.05) is 79.0 Å². The van der Waals surface area contributed by atoms with E-state index in [2.05, 4.69) is 62.3 Å². The fourth-order valence-electron chi connectivity index (χ4n) is 6.06. The Morgan fingerprint density at radius 1 is 1.07 bits per heavy atom. The van der Waals surface area contributed by atoms with Crippen molar-refractivity contribution in [2.24, 2.45) is 0 Å². The second-order valence-corrected chi connectivity index (χ2v) is 11.0. The normalized spacial score (nSPS) is 17.3. The minimum atomic E-state index is 0.506. The van der Waals surface area contributed by atoms with Crippen LogP contribution in [0.5, 0.6) is 0 Å². The van der Waals surface area contributed by atoms with Crippen LogP contribution in [0.2, 0.25) is 0 Å². The summed E-state index contributed by atoms with van der Waals surface area (Å²) in [6, 6.07) is 15.4. The molecule has 2 fully saturated rings. The van der Waals surface area contributed by atoms with Gasteiger partial charge in [-0.1, -0.05) is 6.07 Å². The van der Waals surface area contributed by atoms with Gasteiger partial charge in [-0.3, -0.25) is 19.8 Å². The lowest BCUT2D eigenvalue weighted by Gasteiger charge is -2.40. The third-order valence-corrected chi connectivity index (χ3v) is 8.45. The fraction of sp³-hybridized carbons (Fsp3) is 0.364. The van der Waals surface area contributed by atoms with Crippen molar-refractivity contribution in [2.45, 2.75) is 39.3 Å². The van der Waals surface area contributed by atoms with Gasteiger partial charge in [-0.05, 0) is 74.7 Å². The number of piperidine rings is 1. The Kier molecular flexibility index (Phi) is 8.10. The number of likely N-dealkylation sites (tertiary alicyclic amines) is 1. The quantitative estimate of drug-likeness (QED) is 0.309. The van der Waals surface area contributed by atoms with Crippen molar-refractivity contribution >= 4 is 34.4 Å². The maximum atomic E-state index is 9.90. The Hall–Kier alpha value is -4.03. The number of anilines is 2. The molecule has 4 aromatic rings. The van der Waals surface area contributed by atoms with Crippen molar-refractivity contribution in [3.8, 4) is 6.07 Å². The van der Waals surface area contributed by atoms with E-state index in [1.807, 2.05) is 37.4 Å². The van der Waals surface area contributed by atoms with Gasteiger partial charge in [0.25, 0.3) is 0 Å². The number of fused-ring (bicyclic) bond motifs is 1. The Morgan fingerprint density at radius 2 is 1.90 bits per heavy atom. The van der Waals surface area contributed by atoms with Crippen molar-refractivity contribution in [1.29, 1.82) is 5.26 Å². The molecule has 5 heterocycles. The number of hydrogen-bond donors (Lipinski definition) is 2. The zero-order chi connectivity index (χ0) is 28.2. The molecule has 1 aromatic carbocycles. The SMILES string of the molecule is Cc1ncc(C#N)c(Nc2ccc3[nH]ccc3c2C)c1C=Cc1cccc(CN2CCC(N3CCOCC3)CC2)n1. The molecule has 2 N–H and O–H groups in total. The number of pyridine rings is 2. The maximum Gasteiger partial charge on any atom is 0.103 e. The van der Waals surface area contributed by atoms with Crippen molar-refractivity contribution in [1.82, 2.24) is 24.8 Å². The highest BCUT2D eigenvalue weighted by molar-refractivity contribution is 5.90. The lowest BCUT2D eigenvalue weighted by molar-refractivity contribution is 0.000137. The molecule has 0 saturated carbocycles. The zero-order valence-corrected chi connectivity index (χ0v) is 23.9. The Morgan fingerprint density at radius 3 is 2.71 bits per heavy atom. The first-order valence-corrected chi connectivity index (χ1v) is 14.5. The predicted molar refractivity (Wildman–Crippen MR) is 164 cm³/mol. The first kappa shape index (κ1) is 27.2. The molecule has 210 valence electrons. The monoisotopic (exact) mass is 547 g/mol. The molecule has 2 saturated heterocycles. The second-order valence-electron chi connectivity index (χ2n) is 11.0. The maximum absolute atomic E-state index is 9.90. The highest BCUT2D eigenvalue weighted by Crippen LogP contribution is 2.32. The number of nitrogens with one attached hydrogen (secondary N) is 2. The number of morpholine rings is 1. The zero-order valence-electron chi connectivity index (χ0n) is 23.9. The van der Waals surface area contributed by atoms with E-state index in [0.717, 1.165) is 96.4 Å². The molecule has 0 bridgehead atoms. The van der Waals surface area contributed by atoms with Gasteiger partial charge in [0.05, 0.1) is 35.9 Å². The van der Waals surface area contributed by atoms with E-state index in [1.54, 1.807) is 6.20 Å². The van der Waals surface area contributed by atoms with E-state index in [0.29, 0.717) is 11.6 Å². The number of nitrogens with zero attached hydrogens (tertiary/aromatic N) is 5. The average Bonchev–Trinajstić information content (AvgIpc) is 3.49. The van der Waals surface area contributed by atoms with E-state index < -0.39 is 0 Å². The molecule has 2 aliphatic heterocycles. The molecule has 0 radical (unpaired) electrons. The van der Waals surface area contributed by atoms with Gasteiger partial charge in [0.1, 0.15) is 6.07 Å². The summed E-state index contributed by atoms with van der Waals surface area (Å²) in [5.41, 5.74) is 8.14. The van der Waals surface area contributed by atoms with Crippen LogP contribution in [0.3, 0.4) is 0 Å². The molecular formula is C33H37N7O. The number of aromatic nitrogens is 3. The number of benzene rings is 1. The van der Waals surface area contributed by atoms with Gasteiger partial charge < -0.3 is 15.0 Å². The van der Waals surface area contributed by atoms with Crippen LogP contribution in [0, 0.1) is 25.2 Å². The van der Waals surface area contributed by atoms with Crippen LogP contribution in [-0.4, -0.2) is 70.2 Å². The largest absolute Gasteiger partial charge is 0.379 e. The van der Waals surface area contributed by atoms with Crippen LogP contribution < -0.4 is 5.32 Å². The lowest BCUT2D eigenvalue weighted by Crippen LogP contribution is -2.48. The highest BCUT2D eigenvalue weighted by Gasteiger charge is 2.26. The molecule has 2 aliphatic rings. The summed E-state index contributed by atoms with van der Waals surface area (Å²) in [7, 11) is 0. The number of aromatic amines is 1. The highest BCUT2D eigenvalue weighted by atomic mass is 16.5. The van der Waals surface area contributed by atoms with Crippen LogP contribution in [0.1, 0.15) is 46.6 Å². The van der Waals surface area contributed by atoms with Crippen LogP contribution >= 0.6 is 0 Å². The van der Waals surface area contributed by atoms with E-state index in [-0.39, 0.29) is 0 Å². The van der Waals surface area contributed by atoms with Crippen LogP contribution in [0.25, 0.3) is 23.1 Å². The summed E-state index contributed by atoms with van der Waals surface area (Å²) in [5, 5.41) is 14.6. The Balaban J connectivity index is 1.18. The third kappa shape index (κ3) is 6.03. The summed E-state index contributed by atoms with van der Waals surface area (Å²) in [6.45, 7) is 11.0. The first-order chi connectivity index (χ1) is 20.1. The Labute approximate surface area is 241 Å². The molecule has 0 aliphatic carbocycles. The standard InChI is InChI=1S/C33H37N7O/c1-23-29-10-13-35-32(29)9-8-31(23)38-33-25(20-34)21-36-24(2)30(33)7-6-26-4-3-5-27(37-26)22-39-14-11-28(12-15-39)40-16-18-41-19-17-40/h3-10,13,21,28,35H,11-12,14-19,22H2,1-2H3,(H,36,38). The minimum absolute atomic E-state index is 0.506. The topological polar surface area (TPSA) is 93.1 Å². The molecule has 3 aromatic heterocycles. The van der Waals surface area contributed by atoms with Crippen molar-refractivity contribution in [3.63, 3.8) is 0 Å². The van der Waals surface area contributed by atoms with Crippen molar-refractivity contribution < 1.29 is 4.74 Å². The van der Waals surface area contributed by atoms with Crippen LogP contribution in [-0.2, 0) is 11.3 Å². The minimum Gasteiger partial charge on any atom is -0.379 e. The molecule has 0 unspecified atom stereocenters. The van der Waals surface area contributed by atoms with Gasteiger partial charge in [0.2, 0.25) is 0 Å². The van der Waals surface area contributed by atoms with Crippen LogP contribution in [0.15, 0.2) is 48.8 Å². The van der Waals surface area contributed by atoms with Crippen LogP contribution in [0.4, 0.5) is 11.4 Å². The second kappa shape index (κ2) is 12.2. The van der Waals surface area contributed by atoms with Crippen molar-refractivity contribution in [2.75, 3.05) is 44.7 Å². The number of rotatable bonds is 7. The molecule has 0 spiro atoms. The summed E-state index contributed by atoms with van der Waals surface area (Å²) in [6.07, 6.45) is 10.0. The van der Waals surface area contributed by atoms with E-state index in [1.165, 1.54) is 12.8 Å². The number of ether oxygens (including phenoxy) is 1. The van der Waals surface area contributed by atoms with Gasteiger partial charge in [-0.15, -0.1) is 0 Å². The smallest absolute Gasteiger partial charge is 0.103 e. The molecule has 8 nitrogen and oxygen atoms in total. The molecule has 41 heavy (non-hydrogen) atoms. The molecule has 0 atom stereocenters. The molecule has 0 amide bonds. The summed E-state index contributed by atoms with van der Waals surface area (Å²) in [5.74, 6) is 0. The van der Waals surface area contributed by atoms with Gasteiger partial charge in [0.15, 0.2) is 0 Å².